The number of esters is 1. The summed E-state index contributed by atoms with van der Waals surface area (Å²) < 4.78 is 5.25. The molecule has 1 aromatic carbocycles. The number of hydrogen-bond donors (Lipinski definition) is 1. The van der Waals surface area contributed by atoms with Crippen LogP contribution in [0, 0.1) is 12.8 Å². The zero-order chi connectivity index (χ0) is 19.4. The highest BCUT2D eigenvalue weighted by molar-refractivity contribution is 7.14. The first kappa shape index (κ1) is 19.6. The van der Waals surface area contributed by atoms with Crippen molar-refractivity contribution in [1.29, 1.82) is 0 Å². The van der Waals surface area contributed by atoms with Gasteiger partial charge in [-0.15, -0.1) is 11.3 Å². The molecular weight excluding hydrogens is 358 g/mol. The van der Waals surface area contributed by atoms with Crippen LogP contribution in [0.2, 0.25) is 0 Å². The molecular formula is C22H27NO3S. The smallest absolute Gasteiger partial charge is 0.348 e. The summed E-state index contributed by atoms with van der Waals surface area (Å²) >= 11 is 1.51. The lowest BCUT2D eigenvalue weighted by Crippen LogP contribution is -2.32. The third kappa shape index (κ3) is 4.98. The predicted molar refractivity (Wildman–Crippen MR) is 108 cm³/mol. The fraction of sp³-hybridized carbons (Fsp3) is 0.455. The van der Waals surface area contributed by atoms with Gasteiger partial charge in [0.2, 0.25) is 0 Å². The van der Waals surface area contributed by atoms with Crippen molar-refractivity contribution in [2.75, 3.05) is 6.61 Å². The summed E-state index contributed by atoms with van der Waals surface area (Å²) in [6.07, 6.45) is 4.00. The molecule has 4 nitrogen and oxygen atoms in total. The van der Waals surface area contributed by atoms with Gasteiger partial charge < -0.3 is 10.1 Å². The number of thiophene rings is 1. The maximum atomic E-state index is 12.3. The van der Waals surface area contributed by atoms with E-state index >= 15 is 0 Å². The van der Waals surface area contributed by atoms with Crippen LogP contribution in [0.15, 0.2) is 30.3 Å². The Morgan fingerprint density at radius 1 is 1.30 bits per heavy atom. The summed E-state index contributed by atoms with van der Waals surface area (Å²) in [6, 6.07) is 9.97. The predicted octanol–water partition coefficient (Wildman–Crippen LogP) is 4.61. The van der Waals surface area contributed by atoms with Crippen molar-refractivity contribution < 1.29 is 14.3 Å². The third-order valence-corrected chi connectivity index (χ3v) is 6.31. The average Bonchev–Trinajstić information content (AvgIpc) is 3.08. The van der Waals surface area contributed by atoms with Crippen LogP contribution in [0.1, 0.15) is 64.0 Å². The van der Waals surface area contributed by atoms with Crippen LogP contribution in [-0.4, -0.2) is 18.5 Å². The minimum absolute atomic E-state index is 0.0765. The molecule has 1 N–H and O–H groups in total. The number of amides is 1. The van der Waals surface area contributed by atoms with Crippen molar-refractivity contribution in [1.82, 2.24) is 5.32 Å². The molecule has 144 valence electrons. The molecule has 0 saturated heterocycles. The van der Waals surface area contributed by atoms with Crippen molar-refractivity contribution in [3.63, 3.8) is 0 Å². The van der Waals surface area contributed by atoms with E-state index in [1.807, 2.05) is 44.2 Å². The molecule has 27 heavy (non-hydrogen) atoms. The van der Waals surface area contributed by atoms with Gasteiger partial charge in [-0.25, -0.2) is 4.79 Å². The van der Waals surface area contributed by atoms with Gasteiger partial charge in [-0.1, -0.05) is 43.7 Å². The average molecular weight is 386 g/mol. The van der Waals surface area contributed by atoms with E-state index in [1.165, 1.54) is 33.8 Å². The van der Waals surface area contributed by atoms with Gasteiger partial charge in [-0.3, -0.25) is 4.79 Å². The van der Waals surface area contributed by atoms with Crippen LogP contribution in [0.3, 0.4) is 0 Å². The first-order valence-corrected chi connectivity index (χ1v) is 10.4. The molecule has 0 spiro atoms. The number of hydrogen-bond acceptors (Lipinski definition) is 4. The Morgan fingerprint density at radius 2 is 2.04 bits per heavy atom. The normalized spacial score (nSPS) is 17.1. The zero-order valence-electron chi connectivity index (χ0n) is 16.2. The number of carbonyl (C=O) groups is 2. The lowest BCUT2D eigenvalue weighted by molar-refractivity contribution is -0.125. The second-order valence-corrected chi connectivity index (χ2v) is 8.56. The molecule has 0 bridgehead atoms. The first-order valence-electron chi connectivity index (χ1n) is 9.61. The zero-order valence-corrected chi connectivity index (χ0v) is 17.0. The van der Waals surface area contributed by atoms with Gasteiger partial charge >= 0.3 is 5.97 Å². The fourth-order valence-corrected chi connectivity index (χ4v) is 4.57. The van der Waals surface area contributed by atoms with Gasteiger partial charge in [0, 0.05) is 4.88 Å². The van der Waals surface area contributed by atoms with Crippen molar-refractivity contribution in [3.8, 4) is 0 Å². The van der Waals surface area contributed by atoms with Crippen LogP contribution in [0.25, 0.3) is 0 Å². The van der Waals surface area contributed by atoms with Gasteiger partial charge in [-0.05, 0) is 55.7 Å². The lowest BCUT2D eigenvalue weighted by Gasteiger charge is -2.17. The van der Waals surface area contributed by atoms with Gasteiger partial charge in [0.25, 0.3) is 5.91 Å². The minimum Gasteiger partial charge on any atom is -0.451 e. The Labute approximate surface area is 164 Å². The molecule has 2 atom stereocenters. The summed E-state index contributed by atoms with van der Waals surface area (Å²) in [5.41, 5.74) is 3.50. The van der Waals surface area contributed by atoms with Crippen LogP contribution >= 0.6 is 11.3 Å². The summed E-state index contributed by atoms with van der Waals surface area (Å²) in [5, 5.41) is 2.95. The Morgan fingerprint density at radius 3 is 2.74 bits per heavy atom. The Hall–Kier alpha value is -2.14. The molecule has 0 aliphatic heterocycles. The lowest BCUT2D eigenvalue weighted by atomic mass is 9.90. The molecule has 0 saturated carbocycles. The van der Waals surface area contributed by atoms with Crippen molar-refractivity contribution in [3.05, 3.63) is 56.8 Å². The second kappa shape index (κ2) is 8.70. The highest BCUT2D eigenvalue weighted by Crippen LogP contribution is 2.32. The van der Waals surface area contributed by atoms with E-state index in [-0.39, 0.29) is 18.6 Å². The highest BCUT2D eigenvalue weighted by Gasteiger charge is 2.22. The van der Waals surface area contributed by atoms with Gasteiger partial charge in [0.15, 0.2) is 6.61 Å². The van der Waals surface area contributed by atoms with E-state index < -0.39 is 5.97 Å². The maximum Gasteiger partial charge on any atom is 0.348 e. The van der Waals surface area contributed by atoms with Crippen molar-refractivity contribution in [2.45, 2.75) is 52.5 Å². The number of nitrogens with one attached hydrogen (secondary N) is 1. The number of rotatable bonds is 6. The molecule has 0 fully saturated rings. The number of carbonyl (C=O) groups excluding carboxylic acids is 2. The van der Waals surface area contributed by atoms with Crippen molar-refractivity contribution in [2.24, 2.45) is 5.92 Å². The molecule has 1 aliphatic rings. The number of benzene rings is 1. The number of aryl methyl sites for hydroxylation is 2. The van der Waals surface area contributed by atoms with E-state index in [0.717, 1.165) is 24.8 Å². The van der Waals surface area contributed by atoms with Gasteiger partial charge in [0.1, 0.15) is 4.88 Å². The standard InChI is InChI=1S/C22H27NO3S/c1-4-18(16-8-5-14(2)6-9-16)23-21(24)13-26-22(25)20-12-17-11-15(3)7-10-19(17)27-20/h5-6,8-9,12,15,18H,4,7,10-11,13H2,1-3H3,(H,23,24)/t15-,18-/m0/s1. The molecule has 1 amide bonds. The highest BCUT2D eigenvalue weighted by atomic mass is 32.1. The van der Waals surface area contributed by atoms with Crippen molar-refractivity contribution >= 4 is 23.2 Å². The van der Waals surface area contributed by atoms with E-state index in [0.29, 0.717) is 10.8 Å². The first-order chi connectivity index (χ1) is 13.0. The van der Waals surface area contributed by atoms with E-state index in [1.54, 1.807) is 0 Å². The Balaban J connectivity index is 1.54. The van der Waals surface area contributed by atoms with Gasteiger partial charge in [0.05, 0.1) is 6.04 Å². The number of fused-ring (bicyclic) bond motifs is 1. The quantitative estimate of drug-likeness (QED) is 0.739. The minimum atomic E-state index is -0.402. The third-order valence-electron chi connectivity index (χ3n) is 5.09. The number of ether oxygens (including phenoxy) is 1. The summed E-state index contributed by atoms with van der Waals surface area (Å²) in [7, 11) is 0. The molecule has 5 heteroatoms. The monoisotopic (exact) mass is 385 g/mol. The molecule has 1 aliphatic carbocycles. The molecule has 1 heterocycles. The molecule has 1 aromatic heterocycles. The molecule has 0 unspecified atom stereocenters. The SMILES string of the molecule is CC[C@H](NC(=O)COC(=O)c1cc2c(s1)CC[C@H](C)C2)c1ccc(C)cc1. The Kier molecular flexibility index (Phi) is 6.32. The topological polar surface area (TPSA) is 55.4 Å². The van der Waals surface area contributed by atoms with E-state index in [9.17, 15) is 9.59 Å². The largest absolute Gasteiger partial charge is 0.451 e. The maximum absolute atomic E-state index is 12.3. The van der Waals surface area contributed by atoms with E-state index in [4.69, 9.17) is 4.74 Å². The Bertz CT molecular complexity index is 809. The summed E-state index contributed by atoms with van der Waals surface area (Å²) in [4.78, 5) is 26.5. The molecule has 3 rings (SSSR count). The van der Waals surface area contributed by atoms with E-state index in [2.05, 4.69) is 12.2 Å². The second-order valence-electron chi connectivity index (χ2n) is 7.42. The van der Waals surface area contributed by atoms with Crippen LogP contribution in [-0.2, 0) is 22.4 Å². The fourth-order valence-electron chi connectivity index (χ4n) is 3.46. The molecule has 2 aromatic rings. The summed E-state index contributed by atoms with van der Waals surface area (Å²) in [6.45, 7) is 6.04. The molecule has 0 radical (unpaired) electrons. The van der Waals surface area contributed by atoms with Crippen LogP contribution < -0.4 is 5.32 Å². The van der Waals surface area contributed by atoms with Gasteiger partial charge in [-0.2, -0.15) is 0 Å². The summed E-state index contributed by atoms with van der Waals surface area (Å²) in [5.74, 6) is -0.0131. The van der Waals surface area contributed by atoms with Crippen LogP contribution in [0.4, 0.5) is 0 Å². The van der Waals surface area contributed by atoms with Crippen LogP contribution in [0.5, 0.6) is 0 Å².